The predicted molar refractivity (Wildman–Crippen MR) is 74.1 cm³/mol. The molecule has 0 amide bonds. The molecule has 2 aromatic rings. The summed E-state index contributed by atoms with van der Waals surface area (Å²) in [6.07, 6.45) is 1.01. The van der Waals surface area contributed by atoms with Crippen molar-refractivity contribution >= 4 is 0 Å². The predicted octanol–water partition coefficient (Wildman–Crippen LogP) is 3.64. The number of benzene rings is 2. The van der Waals surface area contributed by atoms with Crippen LogP contribution in [0.4, 0.5) is 4.39 Å². The first-order chi connectivity index (χ1) is 8.69. The van der Waals surface area contributed by atoms with E-state index in [-0.39, 0.29) is 5.82 Å². The van der Waals surface area contributed by atoms with E-state index in [0.717, 1.165) is 17.5 Å². The van der Waals surface area contributed by atoms with Crippen LogP contribution in [0, 0.1) is 5.82 Å². The Morgan fingerprint density at radius 2 is 1.44 bits per heavy atom. The third kappa shape index (κ3) is 3.17. The summed E-state index contributed by atoms with van der Waals surface area (Å²) in [6, 6.07) is 15.5. The Labute approximate surface area is 108 Å². The minimum atomic E-state index is -0.196. The second kappa shape index (κ2) is 5.78. The lowest BCUT2D eigenvalue weighted by molar-refractivity contribution is 0.608. The van der Waals surface area contributed by atoms with Crippen LogP contribution < -0.4 is 5.32 Å². The minimum absolute atomic E-state index is 0.196. The molecule has 0 aromatic heterocycles. The third-order valence-electron chi connectivity index (χ3n) is 3.17. The van der Waals surface area contributed by atoms with Crippen molar-refractivity contribution in [1.82, 2.24) is 5.32 Å². The zero-order valence-electron chi connectivity index (χ0n) is 10.8. The van der Waals surface area contributed by atoms with Crippen molar-refractivity contribution in [3.63, 3.8) is 0 Å². The monoisotopic (exact) mass is 243 g/mol. The molecule has 0 aliphatic rings. The lowest BCUT2D eigenvalue weighted by Crippen LogP contribution is -2.23. The van der Waals surface area contributed by atoms with E-state index in [1.54, 1.807) is 12.1 Å². The molecule has 2 heteroatoms. The standard InChI is InChI=1S/C16H18FN/c1-12(18-2)11-13-3-5-14(6-4-13)15-7-9-16(17)10-8-15/h3-10,12,18H,11H2,1-2H3. The highest BCUT2D eigenvalue weighted by atomic mass is 19.1. The fraction of sp³-hybridized carbons (Fsp3) is 0.250. The molecule has 1 nitrogen and oxygen atoms in total. The van der Waals surface area contributed by atoms with Gasteiger partial charge in [0.2, 0.25) is 0 Å². The van der Waals surface area contributed by atoms with Crippen molar-refractivity contribution < 1.29 is 4.39 Å². The second-order valence-corrected chi connectivity index (χ2v) is 4.60. The maximum atomic E-state index is 12.8. The molecule has 0 radical (unpaired) electrons. The number of likely N-dealkylation sites (N-methyl/N-ethyl adjacent to an activating group) is 1. The van der Waals surface area contributed by atoms with Gasteiger partial charge in [0, 0.05) is 6.04 Å². The molecule has 18 heavy (non-hydrogen) atoms. The van der Waals surface area contributed by atoms with Gasteiger partial charge in [-0.2, -0.15) is 0 Å². The summed E-state index contributed by atoms with van der Waals surface area (Å²) >= 11 is 0. The lowest BCUT2D eigenvalue weighted by atomic mass is 10.0. The number of halogens is 1. The SMILES string of the molecule is CNC(C)Cc1ccc(-c2ccc(F)cc2)cc1. The molecule has 0 spiro atoms. The Bertz CT molecular complexity index is 488. The average Bonchev–Trinajstić information content (AvgIpc) is 2.40. The van der Waals surface area contributed by atoms with E-state index in [1.165, 1.54) is 17.7 Å². The van der Waals surface area contributed by atoms with Crippen LogP contribution in [0.5, 0.6) is 0 Å². The molecule has 2 rings (SSSR count). The van der Waals surface area contributed by atoms with Crippen LogP contribution in [0.1, 0.15) is 12.5 Å². The van der Waals surface area contributed by atoms with Crippen molar-refractivity contribution in [3.05, 3.63) is 59.9 Å². The van der Waals surface area contributed by atoms with Gasteiger partial charge >= 0.3 is 0 Å². The van der Waals surface area contributed by atoms with Gasteiger partial charge in [-0.05, 0) is 49.2 Å². The molecule has 94 valence electrons. The smallest absolute Gasteiger partial charge is 0.123 e. The summed E-state index contributed by atoms with van der Waals surface area (Å²) in [4.78, 5) is 0. The summed E-state index contributed by atoms with van der Waals surface area (Å²) in [6.45, 7) is 2.16. The Morgan fingerprint density at radius 1 is 0.944 bits per heavy atom. The van der Waals surface area contributed by atoms with E-state index < -0.39 is 0 Å². The van der Waals surface area contributed by atoms with Gasteiger partial charge in [-0.15, -0.1) is 0 Å². The molecular formula is C16H18FN. The van der Waals surface area contributed by atoms with Gasteiger partial charge in [0.15, 0.2) is 0 Å². The molecule has 1 unspecified atom stereocenters. The minimum Gasteiger partial charge on any atom is -0.317 e. The van der Waals surface area contributed by atoms with Crippen LogP contribution in [-0.2, 0) is 6.42 Å². The van der Waals surface area contributed by atoms with Gasteiger partial charge in [-0.1, -0.05) is 36.4 Å². The molecule has 0 saturated heterocycles. The summed E-state index contributed by atoms with van der Waals surface area (Å²) < 4.78 is 12.8. The van der Waals surface area contributed by atoms with Gasteiger partial charge in [0.25, 0.3) is 0 Å². The van der Waals surface area contributed by atoms with E-state index in [1.807, 2.05) is 7.05 Å². The van der Waals surface area contributed by atoms with Gasteiger partial charge in [0.1, 0.15) is 5.82 Å². The van der Waals surface area contributed by atoms with Crippen LogP contribution in [-0.4, -0.2) is 13.1 Å². The van der Waals surface area contributed by atoms with Crippen molar-refractivity contribution in [3.8, 4) is 11.1 Å². The molecular weight excluding hydrogens is 225 g/mol. The molecule has 0 heterocycles. The number of hydrogen-bond donors (Lipinski definition) is 1. The van der Waals surface area contributed by atoms with E-state index in [4.69, 9.17) is 0 Å². The highest BCUT2D eigenvalue weighted by molar-refractivity contribution is 5.63. The van der Waals surface area contributed by atoms with E-state index in [2.05, 4.69) is 36.5 Å². The number of rotatable bonds is 4. The van der Waals surface area contributed by atoms with Crippen molar-refractivity contribution in [2.24, 2.45) is 0 Å². The first-order valence-corrected chi connectivity index (χ1v) is 6.21. The largest absolute Gasteiger partial charge is 0.317 e. The molecule has 2 aromatic carbocycles. The Balaban J connectivity index is 2.14. The zero-order chi connectivity index (χ0) is 13.0. The molecule has 1 N–H and O–H groups in total. The molecule has 1 atom stereocenters. The van der Waals surface area contributed by atoms with Crippen molar-refractivity contribution in [2.75, 3.05) is 7.05 Å². The van der Waals surface area contributed by atoms with Crippen molar-refractivity contribution in [1.29, 1.82) is 0 Å². The summed E-state index contributed by atoms with van der Waals surface area (Å²) in [5.41, 5.74) is 3.48. The number of nitrogens with one attached hydrogen (secondary N) is 1. The Hall–Kier alpha value is -1.67. The van der Waals surface area contributed by atoms with Gasteiger partial charge < -0.3 is 5.32 Å². The summed E-state index contributed by atoms with van der Waals surface area (Å²) in [5, 5.41) is 3.22. The maximum absolute atomic E-state index is 12.8. The third-order valence-corrected chi connectivity index (χ3v) is 3.17. The number of hydrogen-bond acceptors (Lipinski definition) is 1. The molecule has 0 saturated carbocycles. The van der Waals surface area contributed by atoms with Crippen molar-refractivity contribution in [2.45, 2.75) is 19.4 Å². The summed E-state index contributed by atoms with van der Waals surface area (Å²) in [5.74, 6) is -0.196. The fourth-order valence-corrected chi connectivity index (χ4v) is 1.93. The summed E-state index contributed by atoms with van der Waals surface area (Å²) in [7, 11) is 1.97. The Morgan fingerprint density at radius 3 is 1.94 bits per heavy atom. The van der Waals surface area contributed by atoms with Crippen LogP contribution in [0.3, 0.4) is 0 Å². The Kier molecular flexibility index (Phi) is 4.11. The highest BCUT2D eigenvalue weighted by Crippen LogP contribution is 2.20. The molecule has 0 aliphatic heterocycles. The van der Waals surface area contributed by atoms with E-state index in [9.17, 15) is 4.39 Å². The normalized spacial score (nSPS) is 12.4. The van der Waals surface area contributed by atoms with Gasteiger partial charge in [0.05, 0.1) is 0 Å². The fourth-order valence-electron chi connectivity index (χ4n) is 1.93. The van der Waals surface area contributed by atoms with Crippen LogP contribution in [0.2, 0.25) is 0 Å². The highest BCUT2D eigenvalue weighted by Gasteiger charge is 2.02. The first kappa shape index (κ1) is 12.8. The van der Waals surface area contributed by atoms with Crippen LogP contribution in [0.15, 0.2) is 48.5 Å². The van der Waals surface area contributed by atoms with Crippen LogP contribution in [0.25, 0.3) is 11.1 Å². The van der Waals surface area contributed by atoms with Crippen LogP contribution >= 0.6 is 0 Å². The average molecular weight is 243 g/mol. The molecule has 0 bridgehead atoms. The van der Waals surface area contributed by atoms with E-state index in [0.29, 0.717) is 6.04 Å². The van der Waals surface area contributed by atoms with Gasteiger partial charge in [-0.25, -0.2) is 4.39 Å². The topological polar surface area (TPSA) is 12.0 Å². The zero-order valence-corrected chi connectivity index (χ0v) is 10.8. The van der Waals surface area contributed by atoms with E-state index >= 15 is 0 Å². The lowest BCUT2D eigenvalue weighted by Gasteiger charge is -2.10. The second-order valence-electron chi connectivity index (χ2n) is 4.60. The quantitative estimate of drug-likeness (QED) is 0.864. The molecule has 0 fully saturated rings. The van der Waals surface area contributed by atoms with Gasteiger partial charge in [-0.3, -0.25) is 0 Å². The first-order valence-electron chi connectivity index (χ1n) is 6.21. The maximum Gasteiger partial charge on any atom is 0.123 e. The molecule has 0 aliphatic carbocycles.